The third kappa shape index (κ3) is 11.3. The second-order valence-electron chi connectivity index (χ2n) is 12.1. The molecule has 0 bridgehead atoms. The van der Waals surface area contributed by atoms with E-state index in [0.717, 1.165) is 31.4 Å². The number of carbonyl (C=O) groups excluding carboxylic acids is 1. The van der Waals surface area contributed by atoms with Crippen molar-refractivity contribution in [2.75, 3.05) is 6.61 Å². The number of carbonyl (C=O) groups is 1. The Bertz CT molecular complexity index is 727. The zero-order valence-corrected chi connectivity index (χ0v) is 28.3. The first-order valence-electron chi connectivity index (χ1n) is 14.5. The van der Waals surface area contributed by atoms with Crippen LogP contribution in [-0.2, 0) is 4.43 Å². The monoisotopic (exact) mass is 608 g/mol. The predicted octanol–water partition coefficient (Wildman–Crippen LogP) is 10.4. The number of benzene rings is 1. The van der Waals surface area contributed by atoms with E-state index in [2.05, 4.69) is 60.7 Å². The molecule has 0 amide bonds. The normalized spacial score (nSPS) is 13.3. The Balaban J connectivity index is 3.17. The van der Waals surface area contributed by atoms with Crippen molar-refractivity contribution >= 4 is 32.5 Å². The maximum atomic E-state index is 13.4. The van der Waals surface area contributed by atoms with Crippen molar-refractivity contribution in [1.29, 1.82) is 0 Å². The van der Waals surface area contributed by atoms with Crippen molar-refractivity contribution in [3.63, 3.8) is 0 Å². The third-order valence-electron chi connectivity index (χ3n) is 8.18. The molecule has 4 heteroatoms. The molecule has 1 rings (SSSR count). The molecule has 0 spiro atoms. The van der Waals surface area contributed by atoms with Gasteiger partial charge in [-0.05, 0) is 0 Å². The molecule has 0 N–H and O–H groups in total. The Hall–Kier alpha value is -0.394. The first-order valence-corrected chi connectivity index (χ1v) is 24.9. The van der Waals surface area contributed by atoms with E-state index in [0.29, 0.717) is 0 Å². The topological polar surface area (TPSA) is 26.3 Å². The molecule has 0 saturated carbocycles. The summed E-state index contributed by atoms with van der Waals surface area (Å²) in [5.41, 5.74) is 0.841. The van der Waals surface area contributed by atoms with E-state index in [1.807, 2.05) is 30.3 Å². The zero-order valence-electron chi connectivity index (χ0n) is 24.5. The third-order valence-corrected chi connectivity index (χ3v) is 29.0. The van der Waals surface area contributed by atoms with Crippen LogP contribution in [0.3, 0.4) is 0 Å². The molecule has 0 aliphatic carbocycles. The fourth-order valence-electron chi connectivity index (χ4n) is 4.70. The quantitative estimate of drug-likeness (QED) is 0.0719. The molecule has 0 saturated heterocycles. The molecule has 0 unspecified atom stereocenters. The van der Waals surface area contributed by atoms with Crippen molar-refractivity contribution in [3.8, 4) is 0 Å². The number of hydrogen-bond donors (Lipinski definition) is 0. The molecule has 1 aromatic rings. The van der Waals surface area contributed by atoms with Gasteiger partial charge in [0.15, 0.2) is 0 Å². The van der Waals surface area contributed by atoms with Crippen LogP contribution in [0.5, 0.6) is 0 Å². The second kappa shape index (κ2) is 16.4. The Morgan fingerprint density at radius 2 is 1.37 bits per heavy atom. The summed E-state index contributed by atoms with van der Waals surface area (Å²) in [7, 11) is -1.70. The van der Waals surface area contributed by atoms with E-state index in [-0.39, 0.29) is 10.8 Å². The molecule has 0 fully saturated rings. The molecule has 200 valence electrons. The van der Waals surface area contributed by atoms with Gasteiger partial charge in [-0.2, -0.15) is 0 Å². The van der Waals surface area contributed by atoms with Gasteiger partial charge in [-0.3, -0.25) is 0 Å². The van der Waals surface area contributed by atoms with Crippen LogP contribution in [0, 0.1) is 0 Å². The SMILES string of the molecule is CCC[CH2][Sn]([CH2]CCC)([CH2]CCC)/[C](=C\C(=O)c1ccccc1)CCCCO[Si](C)(C)C(C)(C)C. The van der Waals surface area contributed by atoms with Crippen LogP contribution in [0.15, 0.2) is 40.0 Å². The first-order chi connectivity index (χ1) is 16.5. The zero-order chi connectivity index (χ0) is 26.4. The van der Waals surface area contributed by atoms with Crippen LogP contribution < -0.4 is 0 Å². The fraction of sp³-hybridized carbons (Fsp3) is 0.710. The van der Waals surface area contributed by atoms with Gasteiger partial charge >= 0.3 is 225 Å². The van der Waals surface area contributed by atoms with Gasteiger partial charge in [-0.25, -0.2) is 0 Å². The van der Waals surface area contributed by atoms with E-state index >= 15 is 0 Å². The molecule has 1 aromatic carbocycles. The standard InChI is InChI=1S/C19H29O2Si.3C4H9.Sn/c1-19(2,3)22(4,5)21-16-12-7-6-11-15-18(20)17-13-9-8-10-14-17;3*1-3-4-2;/h8-10,13-15H,6-7,12,16H2,1-5H3;3*1,3-4H2,2H3;. The summed E-state index contributed by atoms with van der Waals surface area (Å²) < 4.78 is 12.3. The van der Waals surface area contributed by atoms with Crippen LogP contribution in [0.1, 0.15) is 110 Å². The Morgan fingerprint density at radius 3 is 1.83 bits per heavy atom. The number of ketones is 1. The molecule has 0 aliphatic heterocycles. The van der Waals surface area contributed by atoms with E-state index < -0.39 is 26.7 Å². The fourth-order valence-corrected chi connectivity index (χ4v) is 22.8. The van der Waals surface area contributed by atoms with Gasteiger partial charge in [-0.15, -0.1) is 0 Å². The molecular weight excluding hydrogens is 551 g/mol. The number of rotatable bonds is 18. The summed E-state index contributed by atoms with van der Waals surface area (Å²) in [4.78, 5) is 13.4. The summed E-state index contributed by atoms with van der Waals surface area (Å²) in [6.45, 7) is 19.5. The van der Waals surface area contributed by atoms with E-state index in [4.69, 9.17) is 4.43 Å². The van der Waals surface area contributed by atoms with Gasteiger partial charge in [0.25, 0.3) is 0 Å². The maximum absolute atomic E-state index is 13.4. The first kappa shape index (κ1) is 32.6. The minimum absolute atomic E-state index is 0.226. The molecule has 35 heavy (non-hydrogen) atoms. The van der Waals surface area contributed by atoms with Crippen LogP contribution in [0.25, 0.3) is 0 Å². The van der Waals surface area contributed by atoms with Gasteiger partial charge in [-0.1, -0.05) is 0 Å². The number of allylic oxidation sites excluding steroid dienone is 2. The Morgan fingerprint density at radius 1 is 0.857 bits per heavy atom. The van der Waals surface area contributed by atoms with Gasteiger partial charge in [0, 0.05) is 0 Å². The Labute approximate surface area is 223 Å². The molecular formula is C31H56O2SiSn. The van der Waals surface area contributed by atoms with Crippen molar-refractivity contribution in [1.82, 2.24) is 0 Å². The van der Waals surface area contributed by atoms with Crippen LogP contribution >= 0.6 is 0 Å². The van der Waals surface area contributed by atoms with E-state index in [9.17, 15) is 4.79 Å². The van der Waals surface area contributed by atoms with Crippen molar-refractivity contribution in [2.45, 2.75) is 131 Å². The van der Waals surface area contributed by atoms with Gasteiger partial charge in [0.05, 0.1) is 0 Å². The van der Waals surface area contributed by atoms with E-state index in [1.54, 1.807) is 3.59 Å². The number of hydrogen-bond acceptors (Lipinski definition) is 2. The predicted molar refractivity (Wildman–Crippen MR) is 161 cm³/mol. The van der Waals surface area contributed by atoms with Crippen molar-refractivity contribution < 1.29 is 9.22 Å². The average Bonchev–Trinajstić information content (AvgIpc) is 2.82. The molecule has 0 radical (unpaired) electrons. The van der Waals surface area contributed by atoms with E-state index in [1.165, 1.54) is 51.8 Å². The average molecular weight is 608 g/mol. The molecule has 0 atom stereocenters. The summed E-state index contributed by atoms with van der Waals surface area (Å²) in [6, 6.07) is 9.92. The number of unbranched alkanes of at least 4 members (excludes halogenated alkanes) is 4. The van der Waals surface area contributed by atoms with Crippen molar-refractivity contribution in [2.24, 2.45) is 0 Å². The summed E-state index contributed by atoms with van der Waals surface area (Å²) in [6.07, 6.45) is 13.3. The van der Waals surface area contributed by atoms with Crippen LogP contribution in [0.4, 0.5) is 0 Å². The summed E-state index contributed by atoms with van der Waals surface area (Å²) in [5.74, 6) is 0.226. The summed E-state index contributed by atoms with van der Waals surface area (Å²) in [5, 5.41) is 0.256. The molecule has 0 aromatic heterocycles. The van der Waals surface area contributed by atoms with Crippen LogP contribution in [0.2, 0.25) is 31.4 Å². The Kier molecular flexibility index (Phi) is 15.3. The molecule has 2 nitrogen and oxygen atoms in total. The molecule has 0 heterocycles. The van der Waals surface area contributed by atoms with Crippen molar-refractivity contribution in [3.05, 3.63) is 45.6 Å². The van der Waals surface area contributed by atoms with Crippen LogP contribution in [-0.4, -0.2) is 39.1 Å². The molecule has 0 aliphatic rings. The van der Waals surface area contributed by atoms with Gasteiger partial charge < -0.3 is 0 Å². The second-order valence-corrected chi connectivity index (χ2v) is 30.3. The summed E-state index contributed by atoms with van der Waals surface area (Å²) >= 11 is -2.66. The van der Waals surface area contributed by atoms with Gasteiger partial charge in [0.1, 0.15) is 0 Å². The van der Waals surface area contributed by atoms with Gasteiger partial charge in [0.2, 0.25) is 0 Å². The minimum atomic E-state index is -2.66.